The van der Waals surface area contributed by atoms with Crippen LogP contribution in [0, 0.1) is 44.1 Å². The van der Waals surface area contributed by atoms with Crippen LogP contribution in [0.2, 0.25) is 5.02 Å². The van der Waals surface area contributed by atoms with E-state index < -0.39 is 12.1 Å². The number of benzene rings is 3. The van der Waals surface area contributed by atoms with Crippen LogP contribution in [0.15, 0.2) is 78.9 Å². The number of hydrogen-bond donors (Lipinski definition) is 2. The van der Waals surface area contributed by atoms with Crippen LogP contribution in [0.1, 0.15) is 22.3 Å². The largest absolute Gasteiger partial charge is 0.660 e. The fourth-order valence-electron chi connectivity index (χ4n) is 4.24. The molecule has 0 bridgehead atoms. The Kier molecular flexibility index (Phi) is 11.7. The van der Waals surface area contributed by atoms with Gasteiger partial charge in [-0.15, -0.1) is 13.1 Å². The molecule has 1 aliphatic heterocycles. The first-order chi connectivity index (χ1) is 16.6. The molecule has 3 aromatic rings. The van der Waals surface area contributed by atoms with Crippen LogP contribution in [0.25, 0.3) is 16.4 Å². The Morgan fingerprint density at radius 1 is 0.943 bits per heavy atom. The van der Waals surface area contributed by atoms with Gasteiger partial charge in [0.15, 0.2) is 0 Å². The van der Waals surface area contributed by atoms with Gasteiger partial charge in [-0.2, -0.15) is 0 Å². The summed E-state index contributed by atoms with van der Waals surface area (Å²) >= 11 is 6.04. The molecule has 0 spiro atoms. The Morgan fingerprint density at radius 3 is 2.23 bits per heavy atom. The predicted octanol–water partition coefficient (Wildman–Crippen LogP) is 4.79. The third-order valence-corrected chi connectivity index (χ3v) is 6.55. The van der Waals surface area contributed by atoms with Gasteiger partial charge in [-0.3, -0.25) is 4.79 Å². The number of rotatable bonds is 9. The van der Waals surface area contributed by atoms with E-state index in [-0.39, 0.29) is 50.0 Å². The molecule has 0 saturated carbocycles. The molecule has 1 saturated heterocycles. The first-order valence-electron chi connectivity index (χ1n) is 11.8. The molecule has 0 aromatic heterocycles. The van der Waals surface area contributed by atoms with Crippen molar-refractivity contribution >= 4 is 17.5 Å². The molecule has 4 rings (SSSR count). The Bertz CT molecular complexity index is 1040. The van der Waals surface area contributed by atoms with Crippen LogP contribution in [-0.2, 0) is 6.42 Å². The molecule has 0 aliphatic carbocycles. The average molecular weight is 704 g/mol. The third-order valence-electron chi connectivity index (χ3n) is 6.29. The summed E-state index contributed by atoms with van der Waals surface area (Å²) in [4.78, 5) is 15.4. The maximum Gasteiger partial charge on any atom is 0.251 e. The molecule has 1 fully saturated rings. The summed E-state index contributed by atoms with van der Waals surface area (Å²) in [6.45, 7) is 4.33. The number of halogens is 1. The smallest absolute Gasteiger partial charge is 0.251 e. The number of aliphatic hydroxyl groups excluding tert-OH is 1. The Labute approximate surface area is 248 Å². The number of hydrogen-bond acceptors (Lipinski definition) is 3. The van der Waals surface area contributed by atoms with Gasteiger partial charge in [0.05, 0.1) is 12.1 Å². The zero-order valence-corrected chi connectivity index (χ0v) is 25.3. The van der Waals surface area contributed by atoms with Crippen LogP contribution in [0.4, 0.5) is 0 Å². The molecular formula is C28H31AcClN3O2-. The standard InChI is InChI=1S/C28H31ClN3O2.Ac/c29-25-12-6-21(7-13-25)20-26(27(33)14-17-32-18-15-30-16-19-32)31-28(34)24-10-8-23(9-11-24)22-4-2-1-3-5-22;/h1-13,26-27,33H,14-20H2,(H,31,34);/q-1;. The first kappa shape index (κ1) is 28.3. The maximum absolute atomic E-state index is 13.1. The van der Waals surface area contributed by atoms with E-state index in [1.165, 1.54) is 0 Å². The van der Waals surface area contributed by atoms with Crippen LogP contribution < -0.4 is 5.32 Å². The van der Waals surface area contributed by atoms with Crippen LogP contribution >= 0.6 is 11.6 Å². The van der Waals surface area contributed by atoms with Crippen molar-refractivity contribution in [2.75, 3.05) is 32.7 Å². The van der Waals surface area contributed by atoms with E-state index >= 15 is 0 Å². The molecule has 7 heteroatoms. The molecule has 181 valence electrons. The molecule has 1 heterocycles. The minimum Gasteiger partial charge on any atom is -0.660 e. The van der Waals surface area contributed by atoms with Crippen molar-refractivity contribution in [2.45, 2.75) is 25.0 Å². The zero-order chi connectivity index (χ0) is 23.8. The summed E-state index contributed by atoms with van der Waals surface area (Å²) in [5, 5.41) is 19.2. The van der Waals surface area contributed by atoms with Crippen molar-refractivity contribution in [2.24, 2.45) is 0 Å². The molecule has 1 aliphatic rings. The minimum absolute atomic E-state index is 0. The summed E-state index contributed by atoms with van der Waals surface area (Å²) in [5.74, 6) is -0.186. The van der Waals surface area contributed by atoms with E-state index in [0.717, 1.165) is 49.4 Å². The quantitative estimate of drug-likeness (QED) is 0.337. The van der Waals surface area contributed by atoms with E-state index in [9.17, 15) is 9.90 Å². The molecule has 5 nitrogen and oxygen atoms in total. The number of carbonyl (C=O) groups is 1. The average Bonchev–Trinajstić information content (AvgIpc) is 2.89. The molecule has 1 radical (unpaired) electrons. The number of carbonyl (C=O) groups excluding carboxylic acids is 1. The normalized spacial score (nSPS) is 15.6. The van der Waals surface area contributed by atoms with Crippen LogP contribution in [-0.4, -0.2) is 60.8 Å². The topological polar surface area (TPSA) is 66.7 Å². The number of piperazine rings is 1. The monoisotopic (exact) mass is 703 g/mol. The summed E-state index contributed by atoms with van der Waals surface area (Å²) in [7, 11) is 0. The van der Waals surface area contributed by atoms with Crippen molar-refractivity contribution in [1.29, 1.82) is 0 Å². The second kappa shape index (κ2) is 14.5. The number of nitrogens with zero attached hydrogens (tertiary/aromatic N) is 2. The van der Waals surface area contributed by atoms with E-state index in [1.807, 2.05) is 78.9 Å². The Balaban J connectivity index is 0.00000342. The Morgan fingerprint density at radius 2 is 1.57 bits per heavy atom. The molecular weight excluding hydrogens is 673 g/mol. The fraction of sp³-hybridized carbons (Fsp3) is 0.321. The molecule has 2 N–H and O–H groups in total. The van der Waals surface area contributed by atoms with Gasteiger partial charge in [-0.25, -0.2) is 0 Å². The van der Waals surface area contributed by atoms with E-state index in [1.54, 1.807) is 0 Å². The fourth-order valence-corrected chi connectivity index (χ4v) is 4.37. The summed E-state index contributed by atoms with van der Waals surface area (Å²) < 4.78 is 0. The minimum atomic E-state index is -0.665. The molecule has 3 aromatic carbocycles. The van der Waals surface area contributed by atoms with Crippen LogP contribution in [0.3, 0.4) is 0 Å². The molecule has 1 amide bonds. The van der Waals surface area contributed by atoms with Crippen molar-refractivity contribution < 1.29 is 54.0 Å². The van der Waals surface area contributed by atoms with Crippen molar-refractivity contribution in [3.8, 4) is 11.1 Å². The van der Waals surface area contributed by atoms with Crippen LogP contribution in [0.5, 0.6) is 0 Å². The van der Waals surface area contributed by atoms with Gasteiger partial charge in [0.1, 0.15) is 0 Å². The zero-order valence-electron chi connectivity index (χ0n) is 19.8. The SMILES string of the molecule is O=C(NC(Cc1ccc(Cl)cc1)C(O)CCN1CC[N-]CC1)c1ccc(-c2ccccc2)cc1.[Ac]. The first-order valence-corrected chi connectivity index (χ1v) is 12.2. The van der Waals surface area contributed by atoms with Gasteiger partial charge in [0.25, 0.3) is 5.91 Å². The Hall–Kier alpha value is -1.26. The van der Waals surface area contributed by atoms with Gasteiger partial charge in [0.2, 0.25) is 0 Å². The van der Waals surface area contributed by atoms with Gasteiger partial charge in [0, 0.05) is 61.2 Å². The van der Waals surface area contributed by atoms with Gasteiger partial charge >= 0.3 is 0 Å². The second-order valence-electron chi connectivity index (χ2n) is 8.72. The van der Waals surface area contributed by atoms with E-state index in [0.29, 0.717) is 23.4 Å². The molecule has 2 atom stereocenters. The number of aliphatic hydroxyl groups is 1. The maximum atomic E-state index is 13.1. The summed E-state index contributed by atoms with van der Waals surface area (Å²) in [6.07, 6.45) is 0.453. The van der Waals surface area contributed by atoms with Crippen molar-refractivity contribution in [3.05, 3.63) is 100 Å². The number of amides is 1. The molecule has 2 unspecified atom stereocenters. The third kappa shape index (κ3) is 8.67. The van der Waals surface area contributed by atoms with E-state index in [2.05, 4.69) is 15.5 Å². The van der Waals surface area contributed by atoms with Gasteiger partial charge < -0.3 is 20.6 Å². The summed E-state index contributed by atoms with van der Waals surface area (Å²) in [5.41, 5.74) is 3.76. The van der Waals surface area contributed by atoms with E-state index in [4.69, 9.17) is 11.6 Å². The molecule has 35 heavy (non-hydrogen) atoms. The predicted molar refractivity (Wildman–Crippen MR) is 138 cm³/mol. The second-order valence-corrected chi connectivity index (χ2v) is 9.16. The van der Waals surface area contributed by atoms with Crippen molar-refractivity contribution in [1.82, 2.24) is 10.2 Å². The summed E-state index contributed by atoms with van der Waals surface area (Å²) in [6, 6.07) is 24.8. The van der Waals surface area contributed by atoms with Gasteiger partial charge in [-0.05, 0) is 66.9 Å². The van der Waals surface area contributed by atoms with Crippen molar-refractivity contribution in [3.63, 3.8) is 0 Å². The number of nitrogens with one attached hydrogen (secondary N) is 1. The van der Waals surface area contributed by atoms with Gasteiger partial charge in [-0.1, -0.05) is 66.2 Å².